The monoisotopic (exact) mass is 257 g/mol. The standard InChI is InChI=1S/C12H16ClNO3/c1-3-4-5-17-12-10(13)6-9(8-14-15)7-11(12)16-2/h6-8,15H,3-5H2,1-2H3. The van der Waals surface area contributed by atoms with E-state index >= 15 is 0 Å². The van der Waals surface area contributed by atoms with Gasteiger partial charge in [0.25, 0.3) is 0 Å². The van der Waals surface area contributed by atoms with Crippen LogP contribution in [0.3, 0.4) is 0 Å². The molecule has 0 bridgehead atoms. The highest BCUT2D eigenvalue weighted by atomic mass is 35.5. The van der Waals surface area contributed by atoms with E-state index in [1.165, 1.54) is 13.3 Å². The van der Waals surface area contributed by atoms with Crippen LogP contribution in [0.5, 0.6) is 11.5 Å². The fraction of sp³-hybridized carbons (Fsp3) is 0.417. The maximum atomic E-state index is 8.47. The average Bonchev–Trinajstić information content (AvgIpc) is 2.32. The number of nitrogens with zero attached hydrogens (tertiary/aromatic N) is 1. The molecular weight excluding hydrogens is 242 g/mol. The highest BCUT2D eigenvalue weighted by molar-refractivity contribution is 6.32. The van der Waals surface area contributed by atoms with Gasteiger partial charge in [-0.1, -0.05) is 30.1 Å². The highest BCUT2D eigenvalue weighted by Gasteiger charge is 2.11. The van der Waals surface area contributed by atoms with Crippen molar-refractivity contribution < 1.29 is 14.7 Å². The molecule has 0 radical (unpaired) electrons. The van der Waals surface area contributed by atoms with Gasteiger partial charge in [0.2, 0.25) is 0 Å². The summed E-state index contributed by atoms with van der Waals surface area (Å²) in [6.45, 7) is 2.68. The zero-order chi connectivity index (χ0) is 12.7. The van der Waals surface area contributed by atoms with Crippen molar-refractivity contribution in [1.82, 2.24) is 0 Å². The van der Waals surface area contributed by atoms with Crippen molar-refractivity contribution in [1.29, 1.82) is 0 Å². The van der Waals surface area contributed by atoms with Crippen molar-refractivity contribution in [3.05, 3.63) is 22.7 Å². The molecule has 1 N–H and O–H groups in total. The van der Waals surface area contributed by atoms with Crippen molar-refractivity contribution in [2.75, 3.05) is 13.7 Å². The first-order valence-electron chi connectivity index (χ1n) is 5.40. The van der Waals surface area contributed by atoms with Gasteiger partial charge in [-0.2, -0.15) is 0 Å². The lowest BCUT2D eigenvalue weighted by Crippen LogP contribution is -2.00. The number of rotatable bonds is 6. The lowest BCUT2D eigenvalue weighted by atomic mass is 10.2. The van der Waals surface area contributed by atoms with Crippen LogP contribution >= 0.6 is 11.6 Å². The topological polar surface area (TPSA) is 51.0 Å². The normalized spacial score (nSPS) is 10.8. The van der Waals surface area contributed by atoms with Crippen LogP contribution in [-0.2, 0) is 0 Å². The van der Waals surface area contributed by atoms with E-state index < -0.39 is 0 Å². The summed E-state index contributed by atoms with van der Waals surface area (Å²) in [5.74, 6) is 1.06. The van der Waals surface area contributed by atoms with Gasteiger partial charge >= 0.3 is 0 Å². The number of unbranched alkanes of at least 4 members (excludes halogenated alkanes) is 1. The molecule has 0 amide bonds. The lowest BCUT2D eigenvalue weighted by Gasteiger charge is -2.12. The van der Waals surface area contributed by atoms with Crippen LogP contribution < -0.4 is 9.47 Å². The first kappa shape index (κ1) is 13.6. The van der Waals surface area contributed by atoms with E-state index in [1.54, 1.807) is 12.1 Å². The average molecular weight is 258 g/mol. The zero-order valence-corrected chi connectivity index (χ0v) is 10.7. The Bertz CT molecular complexity index is 394. The third kappa shape index (κ3) is 3.82. The van der Waals surface area contributed by atoms with Crippen LogP contribution in [0.25, 0.3) is 0 Å². The van der Waals surface area contributed by atoms with Gasteiger partial charge in [0.1, 0.15) is 0 Å². The number of oxime groups is 1. The minimum absolute atomic E-state index is 0.440. The molecule has 0 saturated carbocycles. The van der Waals surface area contributed by atoms with E-state index in [1.807, 2.05) is 0 Å². The molecule has 0 aliphatic rings. The van der Waals surface area contributed by atoms with Gasteiger partial charge in [-0.3, -0.25) is 0 Å². The summed E-state index contributed by atoms with van der Waals surface area (Å²) in [5, 5.41) is 11.9. The van der Waals surface area contributed by atoms with Crippen LogP contribution in [0.4, 0.5) is 0 Å². The summed E-state index contributed by atoms with van der Waals surface area (Å²) in [4.78, 5) is 0. The molecule has 0 aliphatic carbocycles. The predicted octanol–water partition coefficient (Wildman–Crippen LogP) is 3.34. The minimum atomic E-state index is 0.440. The smallest absolute Gasteiger partial charge is 0.179 e. The van der Waals surface area contributed by atoms with Gasteiger partial charge in [0.15, 0.2) is 11.5 Å². The quantitative estimate of drug-likeness (QED) is 0.368. The van der Waals surface area contributed by atoms with Gasteiger partial charge in [0, 0.05) is 5.56 Å². The van der Waals surface area contributed by atoms with Crippen LogP contribution in [-0.4, -0.2) is 25.1 Å². The Morgan fingerprint density at radius 1 is 1.47 bits per heavy atom. The van der Waals surface area contributed by atoms with Gasteiger partial charge < -0.3 is 14.7 Å². The number of ether oxygens (including phenoxy) is 2. The van der Waals surface area contributed by atoms with Gasteiger partial charge in [-0.15, -0.1) is 0 Å². The Balaban J connectivity index is 2.95. The Kier molecular flexibility index (Phi) is 5.63. The molecule has 0 unspecified atom stereocenters. The first-order chi connectivity index (χ1) is 8.22. The maximum absolute atomic E-state index is 8.47. The number of methoxy groups -OCH3 is 1. The van der Waals surface area contributed by atoms with Gasteiger partial charge in [-0.05, 0) is 18.6 Å². The van der Waals surface area contributed by atoms with Crippen molar-refractivity contribution in [3.63, 3.8) is 0 Å². The molecule has 94 valence electrons. The molecule has 0 heterocycles. The van der Waals surface area contributed by atoms with Crippen molar-refractivity contribution in [3.8, 4) is 11.5 Å². The predicted molar refractivity (Wildman–Crippen MR) is 67.8 cm³/mol. The van der Waals surface area contributed by atoms with E-state index in [9.17, 15) is 0 Å². The van der Waals surface area contributed by atoms with E-state index in [4.69, 9.17) is 26.3 Å². The van der Waals surface area contributed by atoms with Crippen LogP contribution in [0.1, 0.15) is 25.3 Å². The Morgan fingerprint density at radius 2 is 2.24 bits per heavy atom. The van der Waals surface area contributed by atoms with Crippen molar-refractivity contribution in [2.24, 2.45) is 5.16 Å². The molecule has 0 fully saturated rings. The van der Waals surface area contributed by atoms with Crippen LogP contribution in [0.15, 0.2) is 17.3 Å². The molecule has 1 rings (SSSR count). The van der Waals surface area contributed by atoms with Crippen LogP contribution in [0, 0.1) is 0 Å². The summed E-state index contributed by atoms with van der Waals surface area (Å²) in [7, 11) is 1.54. The molecule has 5 heteroatoms. The first-order valence-corrected chi connectivity index (χ1v) is 5.78. The largest absolute Gasteiger partial charge is 0.493 e. The summed E-state index contributed by atoms with van der Waals surface area (Å²) in [6.07, 6.45) is 3.29. The van der Waals surface area contributed by atoms with Gasteiger partial charge in [-0.25, -0.2) is 0 Å². The van der Waals surface area contributed by atoms with E-state index in [-0.39, 0.29) is 0 Å². The van der Waals surface area contributed by atoms with Crippen LogP contribution in [0.2, 0.25) is 5.02 Å². The van der Waals surface area contributed by atoms with Gasteiger partial charge in [0.05, 0.1) is 25.0 Å². The highest BCUT2D eigenvalue weighted by Crippen LogP contribution is 2.36. The zero-order valence-electron chi connectivity index (χ0n) is 9.94. The fourth-order valence-corrected chi connectivity index (χ4v) is 1.61. The molecular formula is C12H16ClNO3. The molecule has 0 aromatic heterocycles. The molecule has 0 atom stereocenters. The molecule has 0 saturated heterocycles. The molecule has 1 aromatic rings. The summed E-state index contributed by atoms with van der Waals surface area (Å²) in [5.41, 5.74) is 0.650. The Hall–Kier alpha value is -1.42. The lowest BCUT2D eigenvalue weighted by molar-refractivity contribution is 0.288. The minimum Gasteiger partial charge on any atom is -0.493 e. The van der Waals surface area contributed by atoms with E-state index in [0.717, 1.165) is 12.8 Å². The third-order valence-corrected chi connectivity index (χ3v) is 2.48. The van der Waals surface area contributed by atoms with Crippen molar-refractivity contribution >= 4 is 17.8 Å². The maximum Gasteiger partial charge on any atom is 0.179 e. The molecule has 1 aromatic carbocycles. The fourth-order valence-electron chi connectivity index (χ4n) is 1.34. The third-order valence-electron chi connectivity index (χ3n) is 2.20. The SMILES string of the molecule is CCCCOc1c(Cl)cc(C=NO)cc1OC. The summed E-state index contributed by atoms with van der Waals surface area (Å²) in [6, 6.07) is 3.36. The second-order valence-electron chi connectivity index (χ2n) is 3.48. The van der Waals surface area contributed by atoms with E-state index in [2.05, 4.69) is 12.1 Å². The summed E-state index contributed by atoms with van der Waals surface area (Å²) >= 11 is 6.08. The molecule has 4 nitrogen and oxygen atoms in total. The van der Waals surface area contributed by atoms with Crippen molar-refractivity contribution in [2.45, 2.75) is 19.8 Å². The molecule has 0 spiro atoms. The Labute approximate surface area is 106 Å². The molecule has 17 heavy (non-hydrogen) atoms. The number of benzene rings is 1. The molecule has 0 aliphatic heterocycles. The number of hydrogen-bond donors (Lipinski definition) is 1. The summed E-state index contributed by atoms with van der Waals surface area (Å²) < 4.78 is 10.8. The number of halogens is 1. The second-order valence-corrected chi connectivity index (χ2v) is 3.89. The van der Waals surface area contributed by atoms with E-state index in [0.29, 0.717) is 28.7 Å². The second kappa shape index (κ2) is 7.01. The number of hydrogen-bond acceptors (Lipinski definition) is 4. The Morgan fingerprint density at radius 3 is 2.82 bits per heavy atom.